The molecule has 2 aromatic rings. The van der Waals surface area contributed by atoms with Gasteiger partial charge in [-0.3, -0.25) is 14.6 Å². The van der Waals surface area contributed by atoms with Crippen molar-refractivity contribution in [2.24, 2.45) is 5.92 Å². The third kappa shape index (κ3) is 6.27. The van der Waals surface area contributed by atoms with Crippen LogP contribution in [0.1, 0.15) is 61.6 Å². The van der Waals surface area contributed by atoms with Crippen molar-refractivity contribution in [1.82, 2.24) is 20.5 Å². The molecule has 1 aromatic heterocycles. The molecule has 5 N–H and O–H groups in total. The molecule has 2 rings (SSSR count). The molecule has 180 valence electrons. The van der Waals surface area contributed by atoms with Crippen LogP contribution in [0.15, 0.2) is 30.3 Å². The average molecular weight is 459 g/mol. The minimum Gasteiger partial charge on any atom is -0.494 e. The minimum absolute atomic E-state index is 0.0547. The lowest BCUT2D eigenvalue weighted by Gasteiger charge is -2.26. The SMILES string of the molecule is CCN(CC)C(=O)NC(CC(=O)N[C@H](C(=O)c1c(O)[nH]c(O)c1C)C(C)C)c1ccccc1. The Balaban J connectivity index is 2.22. The molecule has 3 amide bonds. The Morgan fingerprint density at radius 3 is 2.09 bits per heavy atom. The van der Waals surface area contributed by atoms with Gasteiger partial charge in [-0.25, -0.2) is 4.79 Å². The summed E-state index contributed by atoms with van der Waals surface area (Å²) in [6, 6.07) is 7.37. The van der Waals surface area contributed by atoms with Crippen molar-refractivity contribution in [3.05, 3.63) is 47.0 Å². The number of aromatic hydroxyl groups is 2. The van der Waals surface area contributed by atoms with Gasteiger partial charge in [-0.05, 0) is 32.3 Å². The molecule has 1 aromatic carbocycles. The normalized spacial score (nSPS) is 12.8. The second-order valence-electron chi connectivity index (χ2n) is 8.26. The van der Waals surface area contributed by atoms with Crippen LogP contribution in [0.25, 0.3) is 0 Å². The van der Waals surface area contributed by atoms with Gasteiger partial charge in [0.05, 0.1) is 24.1 Å². The largest absolute Gasteiger partial charge is 0.494 e. The number of hydrogen-bond donors (Lipinski definition) is 5. The maximum absolute atomic E-state index is 13.1. The van der Waals surface area contributed by atoms with E-state index in [1.165, 1.54) is 6.92 Å². The number of amides is 3. The summed E-state index contributed by atoms with van der Waals surface area (Å²) in [5, 5.41) is 25.5. The molecular weight excluding hydrogens is 424 g/mol. The van der Waals surface area contributed by atoms with E-state index in [9.17, 15) is 24.6 Å². The second-order valence-corrected chi connectivity index (χ2v) is 8.26. The van der Waals surface area contributed by atoms with E-state index in [-0.39, 0.29) is 35.4 Å². The first-order valence-corrected chi connectivity index (χ1v) is 11.1. The topological polar surface area (TPSA) is 135 Å². The number of aromatic amines is 1. The van der Waals surface area contributed by atoms with E-state index < -0.39 is 29.7 Å². The molecule has 0 radical (unpaired) electrons. The van der Waals surface area contributed by atoms with Crippen LogP contribution < -0.4 is 10.6 Å². The monoisotopic (exact) mass is 458 g/mol. The summed E-state index contributed by atoms with van der Waals surface area (Å²) in [5.74, 6) is -1.95. The molecule has 0 saturated heterocycles. The highest BCUT2D eigenvalue weighted by molar-refractivity contribution is 6.05. The molecule has 0 saturated carbocycles. The number of aromatic nitrogens is 1. The zero-order valence-electron chi connectivity index (χ0n) is 19.8. The van der Waals surface area contributed by atoms with Gasteiger partial charge in [-0.1, -0.05) is 44.2 Å². The molecule has 0 aliphatic rings. The first-order chi connectivity index (χ1) is 15.6. The molecular formula is C24H34N4O5. The Labute approximate surface area is 194 Å². The van der Waals surface area contributed by atoms with Gasteiger partial charge in [0.15, 0.2) is 11.7 Å². The van der Waals surface area contributed by atoms with Crippen LogP contribution in [0.3, 0.4) is 0 Å². The van der Waals surface area contributed by atoms with Crippen molar-refractivity contribution in [2.75, 3.05) is 13.1 Å². The summed E-state index contributed by atoms with van der Waals surface area (Å²) in [4.78, 5) is 42.7. The average Bonchev–Trinajstić information content (AvgIpc) is 3.03. The summed E-state index contributed by atoms with van der Waals surface area (Å²) >= 11 is 0. The Morgan fingerprint density at radius 2 is 1.61 bits per heavy atom. The van der Waals surface area contributed by atoms with Crippen LogP contribution >= 0.6 is 0 Å². The molecule has 9 heteroatoms. The van der Waals surface area contributed by atoms with Gasteiger partial charge in [0.2, 0.25) is 11.8 Å². The molecule has 1 unspecified atom stereocenters. The molecule has 9 nitrogen and oxygen atoms in total. The van der Waals surface area contributed by atoms with Crippen molar-refractivity contribution in [2.45, 2.75) is 53.1 Å². The first-order valence-electron chi connectivity index (χ1n) is 11.1. The fourth-order valence-electron chi connectivity index (χ4n) is 3.66. The zero-order chi connectivity index (χ0) is 24.7. The number of carbonyl (C=O) groups is 3. The predicted octanol–water partition coefficient (Wildman–Crippen LogP) is 3.24. The quantitative estimate of drug-likeness (QED) is 0.348. The van der Waals surface area contributed by atoms with E-state index >= 15 is 0 Å². The van der Waals surface area contributed by atoms with Gasteiger partial charge >= 0.3 is 6.03 Å². The summed E-state index contributed by atoms with van der Waals surface area (Å²) in [6.45, 7) is 9.88. The van der Waals surface area contributed by atoms with Gasteiger partial charge in [0, 0.05) is 18.7 Å². The summed E-state index contributed by atoms with van der Waals surface area (Å²) in [7, 11) is 0. The third-order valence-electron chi connectivity index (χ3n) is 5.66. The van der Waals surface area contributed by atoms with E-state index in [0.717, 1.165) is 5.56 Å². The Hall–Kier alpha value is -3.49. The lowest BCUT2D eigenvalue weighted by molar-refractivity contribution is -0.122. The molecule has 1 heterocycles. The van der Waals surface area contributed by atoms with E-state index in [1.807, 2.05) is 44.2 Å². The van der Waals surface area contributed by atoms with Crippen LogP contribution in [0, 0.1) is 12.8 Å². The van der Waals surface area contributed by atoms with Gasteiger partial charge in [-0.2, -0.15) is 0 Å². The number of urea groups is 1. The van der Waals surface area contributed by atoms with E-state index in [2.05, 4.69) is 15.6 Å². The standard InChI is InChI=1S/C24H34N4O5/c1-6-28(7-2)24(33)25-17(16-11-9-8-10-12-16)13-18(29)26-20(14(3)4)21(30)19-15(5)22(31)27-23(19)32/h8-12,14,17,20,27,31-32H,6-7,13H2,1-5H3,(H,25,33)(H,26,29)/t17?,20-/m0/s1. The number of benzene rings is 1. The van der Waals surface area contributed by atoms with E-state index in [0.29, 0.717) is 13.1 Å². The van der Waals surface area contributed by atoms with Gasteiger partial charge in [0.1, 0.15) is 0 Å². The van der Waals surface area contributed by atoms with Crippen LogP contribution in [-0.2, 0) is 4.79 Å². The summed E-state index contributed by atoms with van der Waals surface area (Å²) < 4.78 is 0. The molecule has 2 atom stereocenters. The van der Waals surface area contributed by atoms with Crippen molar-refractivity contribution < 1.29 is 24.6 Å². The summed E-state index contributed by atoms with van der Waals surface area (Å²) in [6.07, 6.45) is -0.0725. The highest BCUT2D eigenvalue weighted by atomic mass is 16.3. The number of H-pyrrole nitrogens is 1. The smallest absolute Gasteiger partial charge is 0.317 e. The van der Waals surface area contributed by atoms with E-state index in [1.54, 1.807) is 18.7 Å². The number of nitrogens with one attached hydrogen (secondary N) is 3. The van der Waals surface area contributed by atoms with Gasteiger partial charge in [0.25, 0.3) is 0 Å². The molecule has 0 fully saturated rings. The van der Waals surface area contributed by atoms with Crippen LogP contribution in [0.2, 0.25) is 0 Å². The van der Waals surface area contributed by atoms with E-state index in [4.69, 9.17) is 0 Å². The third-order valence-corrected chi connectivity index (χ3v) is 5.66. The second kappa shape index (κ2) is 11.4. The number of hydrogen-bond acceptors (Lipinski definition) is 5. The van der Waals surface area contributed by atoms with Crippen molar-refractivity contribution >= 4 is 17.7 Å². The highest BCUT2D eigenvalue weighted by Crippen LogP contribution is 2.30. The van der Waals surface area contributed by atoms with Gasteiger partial charge < -0.3 is 25.7 Å². The Bertz CT molecular complexity index is 967. The molecule has 0 spiro atoms. The van der Waals surface area contributed by atoms with Crippen molar-refractivity contribution in [3.8, 4) is 11.8 Å². The Morgan fingerprint density at radius 1 is 1.00 bits per heavy atom. The molecule has 33 heavy (non-hydrogen) atoms. The van der Waals surface area contributed by atoms with Gasteiger partial charge in [-0.15, -0.1) is 0 Å². The highest BCUT2D eigenvalue weighted by Gasteiger charge is 2.31. The molecule has 0 aliphatic carbocycles. The number of nitrogens with zero attached hydrogens (tertiary/aromatic N) is 1. The van der Waals surface area contributed by atoms with Crippen molar-refractivity contribution in [3.63, 3.8) is 0 Å². The fraction of sp³-hybridized carbons (Fsp3) is 0.458. The lowest BCUT2D eigenvalue weighted by atomic mass is 9.93. The maximum atomic E-state index is 13.1. The number of Topliss-reactive ketones (excluding diaryl/α,β-unsaturated/α-hetero) is 1. The molecule has 0 bridgehead atoms. The number of carbonyl (C=O) groups excluding carboxylic acids is 3. The maximum Gasteiger partial charge on any atom is 0.317 e. The van der Waals surface area contributed by atoms with Crippen molar-refractivity contribution in [1.29, 1.82) is 0 Å². The first kappa shape index (κ1) is 25.8. The molecule has 0 aliphatic heterocycles. The van der Waals surface area contributed by atoms with Crippen LogP contribution in [-0.4, -0.2) is 56.9 Å². The lowest BCUT2D eigenvalue weighted by Crippen LogP contribution is -2.47. The summed E-state index contributed by atoms with van der Waals surface area (Å²) in [5.41, 5.74) is 0.927. The number of ketones is 1. The van der Waals surface area contributed by atoms with Crippen LogP contribution in [0.4, 0.5) is 4.79 Å². The van der Waals surface area contributed by atoms with Crippen LogP contribution in [0.5, 0.6) is 11.8 Å². The predicted molar refractivity (Wildman–Crippen MR) is 125 cm³/mol. The Kier molecular flexibility index (Phi) is 8.90. The minimum atomic E-state index is -0.924. The number of rotatable bonds is 10. The zero-order valence-corrected chi connectivity index (χ0v) is 19.8. The fourth-order valence-corrected chi connectivity index (χ4v) is 3.66.